The van der Waals surface area contributed by atoms with Crippen LogP contribution in [0.3, 0.4) is 0 Å². The van der Waals surface area contributed by atoms with Gasteiger partial charge in [0.05, 0.1) is 44.7 Å². The van der Waals surface area contributed by atoms with E-state index in [9.17, 15) is 28.4 Å². The quantitative estimate of drug-likeness (QED) is 0.160. The number of rotatable bonds is 15. The van der Waals surface area contributed by atoms with Gasteiger partial charge < -0.3 is 33.9 Å². The van der Waals surface area contributed by atoms with Crippen LogP contribution in [0.15, 0.2) is 36.4 Å². The predicted octanol–water partition coefficient (Wildman–Crippen LogP) is 4.23. The summed E-state index contributed by atoms with van der Waals surface area (Å²) in [5.41, 5.74) is -1.46. The highest BCUT2D eigenvalue weighted by molar-refractivity contribution is 6.02. The first-order chi connectivity index (χ1) is 21.8. The van der Waals surface area contributed by atoms with Gasteiger partial charge in [-0.05, 0) is 56.2 Å². The molecule has 0 amide bonds. The van der Waals surface area contributed by atoms with Gasteiger partial charge in [-0.3, -0.25) is 24.0 Å². The fourth-order valence-electron chi connectivity index (χ4n) is 5.74. The maximum atomic E-state index is 15.0. The van der Waals surface area contributed by atoms with E-state index < -0.39 is 96.6 Å². The Bertz CT molecular complexity index is 1440. The lowest BCUT2D eigenvalue weighted by molar-refractivity contribution is -0.189. The van der Waals surface area contributed by atoms with Crippen LogP contribution < -0.4 is 9.47 Å². The summed E-state index contributed by atoms with van der Waals surface area (Å²) >= 11 is 0. The fourth-order valence-corrected chi connectivity index (χ4v) is 5.74. The predicted molar refractivity (Wildman–Crippen MR) is 154 cm³/mol. The van der Waals surface area contributed by atoms with Crippen molar-refractivity contribution in [2.75, 3.05) is 27.1 Å². The fraction of sp³-hybridized carbons (Fsp3) is 0.469. The first-order valence-corrected chi connectivity index (χ1v) is 14.4. The second-order valence-corrected chi connectivity index (χ2v) is 10.8. The number of hydrogen-bond donors (Lipinski definition) is 2. The number of methoxy groups -OCH3 is 1. The molecule has 1 fully saturated rings. The Labute approximate surface area is 263 Å². The standard InChI is InChI=1S/C32H36F2O12/c1-5-43-30(40)28-22(35)15-32(3,29(31(41)44-6-2)27(28)18-8-9-23(42-4)20(33)12-18)46-16-45-24-10-7-17(11-21(24)34)19(13-25(36)37)14-26(38)39/h7-12,19,27-29H,5-6,13-16H2,1-4H3,(H,36,37)(H,38,39). The average molecular weight is 651 g/mol. The molecule has 0 aromatic heterocycles. The minimum atomic E-state index is -1.70. The highest BCUT2D eigenvalue weighted by Gasteiger charge is 2.58. The number of esters is 2. The molecule has 1 saturated carbocycles. The molecule has 0 bridgehead atoms. The number of hydrogen-bond acceptors (Lipinski definition) is 10. The van der Waals surface area contributed by atoms with Crippen molar-refractivity contribution in [1.29, 1.82) is 0 Å². The van der Waals surface area contributed by atoms with Crippen LogP contribution in [-0.2, 0) is 38.2 Å². The number of ether oxygens (including phenoxy) is 5. The molecule has 1 aliphatic rings. The molecule has 12 nitrogen and oxygen atoms in total. The van der Waals surface area contributed by atoms with E-state index in [1.807, 2.05) is 0 Å². The largest absolute Gasteiger partial charge is 0.494 e. The van der Waals surface area contributed by atoms with E-state index in [4.69, 9.17) is 33.9 Å². The first kappa shape index (κ1) is 35.9. The average Bonchev–Trinajstić information content (AvgIpc) is 2.96. The van der Waals surface area contributed by atoms with Crippen LogP contribution in [0.1, 0.15) is 63.0 Å². The Hall–Kier alpha value is -4.59. The molecular weight excluding hydrogens is 614 g/mol. The van der Waals surface area contributed by atoms with Crippen LogP contribution in [0.5, 0.6) is 11.5 Å². The molecule has 2 aromatic rings. The number of carbonyl (C=O) groups is 5. The zero-order chi connectivity index (χ0) is 34.2. The Morgan fingerprint density at radius 3 is 2.04 bits per heavy atom. The maximum absolute atomic E-state index is 15.0. The highest BCUT2D eigenvalue weighted by atomic mass is 19.1. The Kier molecular flexibility index (Phi) is 12.2. The van der Waals surface area contributed by atoms with E-state index in [0.29, 0.717) is 0 Å². The molecule has 250 valence electrons. The van der Waals surface area contributed by atoms with E-state index in [0.717, 1.165) is 12.1 Å². The Morgan fingerprint density at radius 1 is 0.913 bits per heavy atom. The van der Waals surface area contributed by atoms with E-state index in [1.165, 1.54) is 38.3 Å². The number of Topliss-reactive ketones (excluding diaryl/α,β-unsaturated/α-hetero) is 1. The number of carbonyl (C=O) groups excluding carboxylic acids is 3. The molecule has 3 rings (SSSR count). The molecule has 0 heterocycles. The second-order valence-electron chi connectivity index (χ2n) is 10.8. The van der Waals surface area contributed by atoms with Gasteiger partial charge >= 0.3 is 23.9 Å². The molecular formula is C32H36F2O12. The lowest BCUT2D eigenvalue weighted by atomic mass is 9.61. The lowest BCUT2D eigenvalue weighted by Gasteiger charge is -2.46. The van der Waals surface area contributed by atoms with Crippen LogP contribution in [0.2, 0.25) is 0 Å². The zero-order valence-electron chi connectivity index (χ0n) is 25.7. The smallest absolute Gasteiger partial charge is 0.317 e. The first-order valence-electron chi connectivity index (χ1n) is 14.4. The van der Waals surface area contributed by atoms with E-state index in [1.54, 1.807) is 13.8 Å². The van der Waals surface area contributed by atoms with Crippen LogP contribution in [0, 0.1) is 23.5 Å². The zero-order valence-corrected chi connectivity index (χ0v) is 25.7. The van der Waals surface area contributed by atoms with E-state index in [2.05, 4.69) is 0 Å². The van der Waals surface area contributed by atoms with Gasteiger partial charge in [0.1, 0.15) is 5.92 Å². The van der Waals surface area contributed by atoms with Gasteiger partial charge in [-0.15, -0.1) is 0 Å². The van der Waals surface area contributed by atoms with Gasteiger partial charge in [-0.25, -0.2) is 8.78 Å². The third kappa shape index (κ3) is 8.36. The van der Waals surface area contributed by atoms with Crippen LogP contribution in [0.4, 0.5) is 8.78 Å². The highest BCUT2D eigenvalue weighted by Crippen LogP contribution is 2.49. The molecule has 2 aromatic carbocycles. The van der Waals surface area contributed by atoms with Crippen LogP contribution >= 0.6 is 0 Å². The minimum absolute atomic E-state index is 0.0598. The summed E-state index contributed by atoms with van der Waals surface area (Å²) in [7, 11) is 1.26. The number of halogens is 2. The van der Waals surface area contributed by atoms with Crippen molar-refractivity contribution >= 4 is 29.7 Å². The monoisotopic (exact) mass is 650 g/mol. The van der Waals surface area contributed by atoms with Gasteiger partial charge in [0.15, 0.2) is 35.7 Å². The summed E-state index contributed by atoms with van der Waals surface area (Å²) in [4.78, 5) is 62.5. The van der Waals surface area contributed by atoms with Crippen molar-refractivity contribution in [3.8, 4) is 11.5 Å². The van der Waals surface area contributed by atoms with Crippen LogP contribution in [0.25, 0.3) is 0 Å². The van der Waals surface area contributed by atoms with Crippen molar-refractivity contribution < 1.29 is 66.7 Å². The van der Waals surface area contributed by atoms with Gasteiger partial charge in [-0.1, -0.05) is 12.1 Å². The topological polar surface area (TPSA) is 172 Å². The van der Waals surface area contributed by atoms with Gasteiger partial charge in [0.2, 0.25) is 0 Å². The number of ketones is 1. The summed E-state index contributed by atoms with van der Waals surface area (Å²) in [6.45, 7) is 3.71. The van der Waals surface area contributed by atoms with Crippen LogP contribution in [-0.4, -0.2) is 72.6 Å². The van der Waals surface area contributed by atoms with E-state index in [-0.39, 0.29) is 35.8 Å². The normalized spacial score (nSPS) is 21.0. The molecule has 1 aliphatic carbocycles. The van der Waals surface area contributed by atoms with Crippen molar-refractivity contribution in [2.45, 2.75) is 57.5 Å². The Balaban J connectivity index is 1.96. The van der Waals surface area contributed by atoms with Gasteiger partial charge in [0.25, 0.3) is 0 Å². The summed E-state index contributed by atoms with van der Waals surface area (Å²) in [6.07, 6.45) is -1.56. The second kappa shape index (κ2) is 15.6. The number of benzene rings is 2. The van der Waals surface area contributed by atoms with Crippen molar-refractivity contribution in [3.63, 3.8) is 0 Å². The van der Waals surface area contributed by atoms with E-state index >= 15 is 4.39 Å². The van der Waals surface area contributed by atoms with Crippen molar-refractivity contribution in [2.24, 2.45) is 11.8 Å². The number of carboxylic acid groups (broad SMARTS) is 2. The number of aliphatic carboxylic acids is 2. The molecule has 2 N–H and O–H groups in total. The molecule has 4 unspecified atom stereocenters. The minimum Gasteiger partial charge on any atom is -0.494 e. The number of carboxylic acids is 2. The molecule has 14 heteroatoms. The third-order valence-electron chi connectivity index (χ3n) is 7.76. The maximum Gasteiger partial charge on any atom is 0.317 e. The Morgan fingerprint density at radius 2 is 1.50 bits per heavy atom. The summed E-state index contributed by atoms with van der Waals surface area (Å²) < 4.78 is 56.8. The molecule has 0 aliphatic heterocycles. The lowest BCUT2D eigenvalue weighted by Crippen LogP contribution is -2.56. The van der Waals surface area contributed by atoms with Crippen molar-refractivity contribution in [3.05, 3.63) is 59.2 Å². The molecule has 0 radical (unpaired) electrons. The third-order valence-corrected chi connectivity index (χ3v) is 7.76. The molecule has 4 atom stereocenters. The molecule has 0 spiro atoms. The summed E-state index contributed by atoms with van der Waals surface area (Å²) in [5, 5.41) is 18.3. The SMILES string of the molecule is CCOC(=O)C1C(=O)CC(C)(OCOc2ccc(C(CC(=O)O)CC(=O)O)cc2F)C(C(=O)OCC)C1c1ccc(OC)c(F)c1. The van der Waals surface area contributed by atoms with Gasteiger partial charge in [-0.2, -0.15) is 0 Å². The van der Waals surface area contributed by atoms with Gasteiger partial charge in [0, 0.05) is 18.3 Å². The molecule has 46 heavy (non-hydrogen) atoms. The molecule has 0 saturated heterocycles. The summed E-state index contributed by atoms with van der Waals surface area (Å²) in [6, 6.07) is 7.20. The summed E-state index contributed by atoms with van der Waals surface area (Å²) in [5.74, 6) is -12.3. The van der Waals surface area contributed by atoms with Crippen molar-refractivity contribution in [1.82, 2.24) is 0 Å².